The van der Waals surface area contributed by atoms with Crippen LogP contribution < -0.4 is 15.4 Å². The van der Waals surface area contributed by atoms with Gasteiger partial charge in [-0.25, -0.2) is 0 Å². The van der Waals surface area contributed by atoms with Gasteiger partial charge < -0.3 is 20.1 Å². The maximum atomic E-state index is 5.36. The lowest BCUT2D eigenvalue weighted by Crippen LogP contribution is -2.38. The third-order valence-electron chi connectivity index (χ3n) is 3.23. The van der Waals surface area contributed by atoms with E-state index < -0.39 is 0 Å². The van der Waals surface area contributed by atoms with Gasteiger partial charge in [0.1, 0.15) is 5.75 Å². The van der Waals surface area contributed by atoms with Crippen LogP contribution >= 0.6 is 24.0 Å². The van der Waals surface area contributed by atoms with Crippen LogP contribution in [0.15, 0.2) is 23.2 Å². The van der Waals surface area contributed by atoms with E-state index in [0.717, 1.165) is 43.4 Å². The summed E-state index contributed by atoms with van der Waals surface area (Å²) >= 11 is 0. The summed E-state index contributed by atoms with van der Waals surface area (Å²) in [5, 5.41) is 6.58. The van der Waals surface area contributed by atoms with Gasteiger partial charge in [0, 0.05) is 19.7 Å². The Bertz CT molecular complexity index is 467. The second-order valence-corrected chi connectivity index (χ2v) is 4.94. The molecule has 0 amide bonds. The molecule has 132 valence electrons. The lowest BCUT2D eigenvalue weighted by Gasteiger charge is -2.12. The van der Waals surface area contributed by atoms with Crippen LogP contribution in [0.25, 0.3) is 0 Å². The van der Waals surface area contributed by atoms with Crippen LogP contribution in [0.1, 0.15) is 25.0 Å². The van der Waals surface area contributed by atoms with Gasteiger partial charge in [-0.2, -0.15) is 0 Å². The fourth-order valence-electron chi connectivity index (χ4n) is 2.05. The smallest absolute Gasteiger partial charge is 0.191 e. The average molecular weight is 435 g/mol. The minimum atomic E-state index is 0. The molecule has 0 aliphatic carbocycles. The van der Waals surface area contributed by atoms with Gasteiger partial charge in [0.15, 0.2) is 5.96 Å². The summed E-state index contributed by atoms with van der Waals surface area (Å²) in [6.45, 7) is 9.83. The average Bonchev–Trinajstić information content (AvgIpc) is 2.53. The first kappa shape index (κ1) is 22.0. The zero-order chi connectivity index (χ0) is 16.2. The highest BCUT2D eigenvalue weighted by atomic mass is 127. The summed E-state index contributed by atoms with van der Waals surface area (Å²) in [6, 6.07) is 6.32. The predicted molar refractivity (Wildman–Crippen MR) is 107 cm³/mol. The van der Waals surface area contributed by atoms with Gasteiger partial charge in [-0.3, -0.25) is 4.99 Å². The number of ether oxygens (including phenoxy) is 2. The highest BCUT2D eigenvalue weighted by Crippen LogP contribution is 2.18. The van der Waals surface area contributed by atoms with E-state index in [2.05, 4.69) is 47.7 Å². The quantitative estimate of drug-likeness (QED) is 0.271. The predicted octanol–water partition coefficient (Wildman–Crippen LogP) is 2.76. The second-order valence-electron chi connectivity index (χ2n) is 4.94. The summed E-state index contributed by atoms with van der Waals surface area (Å²) in [5.74, 6) is 1.77. The topological polar surface area (TPSA) is 54.9 Å². The van der Waals surface area contributed by atoms with Crippen molar-refractivity contribution in [3.8, 4) is 5.75 Å². The highest BCUT2D eigenvalue weighted by molar-refractivity contribution is 14.0. The number of nitrogens with one attached hydrogen (secondary N) is 2. The zero-order valence-corrected chi connectivity index (χ0v) is 17.0. The molecule has 0 saturated heterocycles. The summed E-state index contributed by atoms with van der Waals surface area (Å²) in [4.78, 5) is 4.47. The Morgan fingerprint density at radius 2 is 2.00 bits per heavy atom. The summed E-state index contributed by atoms with van der Waals surface area (Å²) < 4.78 is 10.7. The van der Waals surface area contributed by atoms with Crippen molar-refractivity contribution in [1.82, 2.24) is 10.6 Å². The van der Waals surface area contributed by atoms with Crippen molar-refractivity contribution < 1.29 is 9.47 Å². The van der Waals surface area contributed by atoms with Crippen molar-refractivity contribution >= 4 is 29.9 Å². The molecule has 1 aromatic carbocycles. The van der Waals surface area contributed by atoms with Gasteiger partial charge >= 0.3 is 0 Å². The van der Waals surface area contributed by atoms with E-state index in [1.165, 1.54) is 5.56 Å². The maximum absolute atomic E-state index is 5.36. The number of benzene rings is 1. The van der Waals surface area contributed by atoms with Gasteiger partial charge in [0.2, 0.25) is 0 Å². The molecule has 23 heavy (non-hydrogen) atoms. The number of aliphatic imine (C=N–C) groups is 1. The molecule has 6 heteroatoms. The zero-order valence-electron chi connectivity index (χ0n) is 14.6. The van der Waals surface area contributed by atoms with E-state index in [4.69, 9.17) is 9.47 Å². The van der Waals surface area contributed by atoms with E-state index in [1.54, 1.807) is 7.11 Å². The number of hydrogen-bond acceptors (Lipinski definition) is 3. The van der Waals surface area contributed by atoms with Crippen LogP contribution in [0.4, 0.5) is 0 Å². The molecule has 0 spiro atoms. The van der Waals surface area contributed by atoms with Gasteiger partial charge in [-0.1, -0.05) is 12.1 Å². The van der Waals surface area contributed by atoms with Crippen molar-refractivity contribution in [2.75, 3.05) is 40.0 Å². The summed E-state index contributed by atoms with van der Waals surface area (Å²) in [5.41, 5.74) is 2.41. The van der Waals surface area contributed by atoms with Crippen LogP contribution in [0.5, 0.6) is 5.75 Å². The molecule has 0 atom stereocenters. The first-order valence-electron chi connectivity index (χ1n) is 7.94. The van der Waals surface area contributed by atoms with E-state index in [-0.39, 0.29) is 24.0 Å². The van der Waals surface area contributed by atoms with Gasteiger partial charge in [-0.05, 0) is 44.4 Å². The molecule has 1 aromatic rings. The number of halogens is 1. The van der Waals surface area contributed by atoms with Crippen LogP contribution in [0.2, 0.25) is 0 Å². The molecule has 0 heterocycles. The molecule has 0 aliphatic rings. The Morgan fingerprint density at radius 1 is 1.22 bits per heavy atom. The number of guanidine groups is 1. The minimum Gasteiger partial charge on any atom is -0.496 e. The monoisotopic (exact) mass is 435 g/mol. The lowest BCUT2D eigenvalue weighted by molar-refractivity contribution is 0.155. The van der Waals surface area contributed by atoms with Crippen LogP contribution in [-0.2, 0) is 11.2 Å². The van der Waals surface area contributed by atoms with Gasteiger partial charge in [-0.15, -0.1) is 24.0 Å². The third kappa shape index (κ3) is 9.00. The molecule has 0 fully saturated rings. The SMILES string of the molecule is CCNC(=NCCOCC)NCCc1ccc(C)c(OC)c1.I. The molecular weight excluding hydrogens is 405 g/mol. The van der Waals surface area contributed by atoms with E-state index in [1.807, 2.05) is 6.92 Å². The van der Waals surface area contributed by atoms with Crippen molar-refractivity contribution in [3.05, 3.63) is 29.3 Å². The molecule has 0 radical (unpaired) electrons. The molecule has 0 unspecified atom stereocenters. The molecule has 0 bridgehead atoms. The van der Waals surface area contributed by atoms with Crippen LogP contribution in [0, 0.1) is 6.92 Å². The molecule has 2 N–H and O–H groups in total. The normalized spacial score (nSPS) is 10.9. The molecule has 0 saturated carbocycles. The summed E-state index contributed by atoms with van der Waals surface area (Å²) in [6.07, 6.45) is 0.923. The second kappa shape index (κ2) is 13.4. The summed E-state index contributed by atoms with van der Waals surface area (Å²) in [7, 11) is 1.71. The van der Waals surface area contributed by atoms with Crippen molar-refractivity contribution in [2.24, 2.45) is 4.99 Å². The maximum Gasteiger partial charge on any atom is 0.191 e. The Morgan fingerprint density at radius 3 is 2.65 bits per heavy atom. The van der Waals surface area contributed by atoms with E-state index in [0.29, 0.717) is 13.2 Å². The number of rotatable bonds is 9. The molecule has 5 nitrogen and oxygen atoms in total. The fourth-order valence-corrected chi connectivity index (χ4v) is 2.05. The van der Waals surface area contributed by atoms with Gasteiger partial charge in [0.25, 0.3) is 0 Å². The number of nitrogens with zero attached hydrogens (tertiary/aromatic N) is 1. The van der Waals surface area contributed by atoms with Crippen LogP contribution in [-0.4, -0.2) is 45.9 Å². The lowest BCUT2D eigenvalue weighted by atomic mass is 10.1. The number of aryl methyl sites for hydroxylation is 1. The minimum absolute atomic E-state index is 0. The Kier molecular flexibility index (Phi) is 12.8. The fraction of sp³-hybridized carbons (Fsp3) is 0.588. The first-order valence-corrected chi connectivity index (χ1v) is 7.94. The molecular formula is C17H30IN3O2. The molecule has 1 rings (SSSR count). The Hall–Kier alpha value is -1.02. The third-order valence-corrected chi connectivity index (χ3v) is 3.23. The van der Waals surface area contributed by atoms with Crippen molar-refractivity contribution in [1.29, 1.82) is 0 Å². The van der Waals surface area contributed by atoms with Crippen LogP contribution in [0.3, 0.4) is 0 Å². The largest absolute Gasteiger partial charge is 0.496 e. The number of methoxy groups -OCH3 is 1. The Balaban J connectivity index is 0.00000484. The van der Waals surface area contributed by atoms with Gasteiger partial charge in [0.05, 0.1) is 20.3 Å². The molecule has 0 aromatic heterocycles. The highest BCUT2D eigenvalue weighted by Gasteiger charge is 2.01. The first-order chi connectivity index (χ1) is 10.7. The van der Waals surface area contributed by atoms with Crippen molar-refractivity contribution in [2.45, 2.75) is 27.2 Å². The number of hydrogen-bond donors (Lipinski definition) is 2. The van der Waals surface area contributed by atoms with E-state index >= 15 is 0 Å². The molecule has 0 aliphatic heterocycles. The van der Waals surface area contributed by atoms with E-state index in [9.17, 15) is 0 Å². The van der Waals surface area contributed by atoms with Crippen molar-refractivity contribution in [3.63, 3.8) is 0 Å². The standard InChI is InChI=1S/C17H29N3O2.HI/c1-5-18-17(20-11-12-22-6-2)19-10-9-15-8-7-14(3)16(13-15)21-4;/h7-8,13H,5-6,9-12H2,1-4H3,(H2,18,19,20);1H. The Labute approximate surface area is 157 Å².